The topological polar surface area (TPSA) is 58.6 Å². The zero-order valence-corrected chi connectivity index (χ0v) is 17.8. The van der Waals surface area contributed by atoms with Gasteiger partial charge in [0.2, 0.25) is 0 Å². The number of rotatable bonds is 3. The first-order valence-electron chi connectivity index (χ1n) is 9.91. The predicted molar refractivity (Wildman–Crippen MR) is 111 cm³/mol. The number of halogens is 1. The van der Waals surface area contributed by atoms with Gasteiger partial charge in [-0.2, -0.15) is 0 Å². The summed E-state index contributed by atoms with van der Waals surface area (Å²) in [6.07, 6.45) is 1.56. The summed E-state index contributed by atoms with van der Waals surface area (Å²) < 4.78 is 18.7. The van der Waals surface area contributed by atoms with Gasteiger partial charge in [-0.3, -0.25) is 0 Å². The number of anilines is 1. The molecule has 2 heterocycles. The largest absolute Gasteiger partial charge is 0.444 e. The number of carbonyl (C=O) groups is 1. The maximum Gasteiger partial charge on any atom is 0.410 e. The SMILES string of the molecule is CN(C)c1nc(Cc2ccc(F)cc2)nc2c1CCN(C(=O)OC(C)(C)C)CC2. The van der Waals surface area contributed by atoms with Crippen molar-refractivity contribution >= 4 is 11.9 Å². The number of carbonyl (C=O) groups excluding carboxylic acids is 1. The van der Waals surface area contributed by atoms with Gasteiger partial charge in [-0.25, -0.2) is 19.2 Å². The lowest BCUT2D eigenvalue weighted by atomic mass is 10.1. The Morgan fingerprint density at radius 3 is 2.41 bits per heavy atom. The molecular formula is C22H29FN4O2. The van der Waals surface area contributed by atoms with Gasteiger partial charge in [-0.15, -0.1) is 0 Å². The number of amides is 1. The lowest BCUT2D eigenvalue weighted by Gasteiger charge is -2.26. The molecule has 1 aliphatic rings. The lowest BCUT2D eigenvalue weighted by Crippen LogP contribution is -2.38. The second kappa shape index (κ2) is 8.35. The summed E-state index contributed by atoms with van der Waals surface area (Å²) in [5.41, 5.74) is 2.48. The first-order valence-corrected chi connectivity index (χ1v) is 9.91. The van der Waals surface area contributed by atoms with Crippen molar-refractivity contribution < 1.29 is 13.9 Å². The highest BCUT2D eigenvalue weighted by Crippen LogP contribution is 2.25. The predicted octanol–water partition coefficient (Wildman–Crippen LogP) is 3.61. The highest BCUT2D eigenvalue weighted by atomic mass is 19.1. The van der Waals surface area contributed by atoms with Gasteiger partial charge in [-0.1, -0.05) is 12.1 Å². The molecule has 0 bridgehead atoms. The number of nitrogens with zero attached hydrogens (tertiary/aromatic N) is 4. The van der Waals surface area contributed by atoms with Crippen molar-refractivity contribution in [2.24, 2.45) is 0 Å². The van der Waals surface area contributed by atoms with E-state index >= 15 is 0 Å². The Hall–Kier alpha value is -2.70. The minimum atomic E-state index is -0.521. The molecule has 6 nitrogen and oxygen atoms in total. The molecular weight excluding hydrogens is 371 g/mol. The van der Waals surface area contributed by atoms with Gasteiger partial charge in [0.25, 0.3) is 0 Å². The Labute approximate surface area is 171 Å². The molecule has 7 heteroatoms. The fourth-order valence-electron chi connectivity index (χ4n) is 3.37. The van der Waals surface area contributed by atoms with E-state index in [2.05, 4.69) is 0 Å². The number of ether oxygens (including phenoxy) is 1. The number of hydrogen-bond donors (Lipinski definition) is 0. The molecule has 1 amide bonds. The zero-order valence-electron chi connectivity index (χ0n) is 17.8. The normalized spacial score (nSPS) is 14.2. The molecule has 156 valence electrons. The molecule has 0 unspecified atom stereocenters. The van der Waals surface area contributed by atoms with Crippen molar-refractivity contribution in [3.63, 3.8) is 0 Å². The molecule has 2 aromatic rings. The van der Waals surface area contributed by atoms with E-state index in [1.54, 1.807) is 17.0 Å². The zero-order chi connectivity index (χ0) is 21.2. The van der Waals surface area contributed by atoms with Crippen LogP contribution in [-0.4, -0.2) is 53.7 Å². The van der Waals surface area contributed by atoms with Gasteiger partial charge >= 0.3 is 6.09 Å². The molecule has 0 atom stereocenters. The van der Waals surface area contributed by atoms with Gasteiger partial charge in [0.05, 0.1) is 5.69 Å². The standard InChI is InChI=1S/C22H29FN4O2/c1-22(2,3)29-21(28)27-12-10-17-18(11-13-27)24-19(25-20(17)26(4)5)14-15-6-8-16(23)9-7-15/h6-9H,10-14H2,1-5H3. The van der Waals surface area contributed by atoms with E-state index < -0.39 is 5.60 Å². The average molecular weight is 400 g/mol. The smallest absolute Gasteiger partial charge is 0.410 e. The minimum Gasteiger partial charge on any atom is -0.444 e. The molecule has 1 aliphatic heterocycles. The minimum absolute atomic E-state index is 0.257. The van der Waals surface area contributed by atoms with E-state index in [1.807, 2.05) is 39.8 Å². The van der Waals surface area contributed by atoms with Crippen LogP contribution in [0.5, 0.6) is 0 Å². The first-order chi connectivity index (χ1) is 13.6. The quantitative estimate of drug-likeness (QED) is 0.788. The Morgan fingerprint density at radius 1 is 1.14 bits per heavy atom. The van der Waals surface area contributed by atoms with Gasteiger partial charge < -0.3 is 14.5 Å². The fourth-order valence-corrected chi connectivity index (χ4v) is 3.37. The van der Waals surface area contributed by atoms with Gasteiger partial charge in [0.15, 0.2) is 0 Å². The van der Waals surface area contributed by atoms with Crippen LogP contribution in [0.25, 0.3) is 0 Å². The summed E-state index contributed by atoms with van der Waals surface area (Å²) in [5.74, 6) is 1.32. The third kappa shape index (κ3) is 5.43. The molecule has 0 saturated heterocycles. The second-order valence-electron chi connectivity index (χ2n) is 8.55. The van der Waals surface area contributed by atoms with E-state index in [0.717, 1.165) is 22.6 Å². The first kappa shape index (κ1) is 21.0. The van der Waals surface area contributed by atoms with Crippen LogP contribution in [0.15, 0.2) is 24.3 Å². The Morgan fingerprint density at radius 2 is 1.79 bits per heavy atom. The third-order valence-corrected chi connectivity index (χ3v) is 4.72. The Kier molecular flexibility index (Phi) is 6.05. The Balaban J connectivity index is 1.84. The summed E-state index contributed by atoms with van der Waals surface area (Å²) >= 11 is 0. The van der Waals surface area contributed by atoms with Crippen molar-refractivity contribution in [1.29, 1.82) is 0 Å². The van der Waals surface area contributed by atoms with Crippen LogP contribution in [-0.2, 0) is 24.0 Å². The van der Waals surface area contributed by atoms with Crippen molar-refractivity contribution in [2.45, 2.75) is 45.6 Å². The van der Waals surface area contributed by atoms with E-state index in [-0.39, 0.29) is 11.9 Å². The van der Waals surface area contributed by atoms with Crippen LogP contribution >= 0.6 is 0 Å². The molecule has 0 fully saturated rings. The number of fused-ring (bicyclic) bond motifs is 1. The summed E-state index contributed by atoms with van der Waals surface area (Å²) in [7, 11) is 3.92. The van der Waals surface area contributed by atoms with Crippen molar-refractivity contribution in [3.8, 4) is 0 Å². The van der Waals surface area contributed by atoms with Crippen LogP contribution in [0.3, 0.4) is 0 Å². The number of benzene rings is 1. The van der Waals surface area contributed by atoms with E-state index in [9.17, 15) is 9.18 Å². The summed E-state index contributed by atoms with van der Waals surface area (Å²) in [6.45, 7) is 6.74. The molecule has 1 aromatic carbocycles. The van der Waals surface area contributed by atoms with E-state index in [0.29, 0.717) is 38.2 Å². The van der Waals surface area contributed by atoms with Crippen LogP contribution in [0.4, 0.5) is 15.0 Å². The maximum atomic E-state index is 13.2. The summed E-state index contributed by atoms with van der Waals surface area (Å²) in [6, 6.07) is 6.41. The highest BCUT2D eigenvalue weighted by molar-refractivity contribution is 5.68. The monoisotopic (exact) mass is 400 g/mol. The molecule has 29 heavy (non-hydrogen) atoms. The van der Waals surface area contributed by atoms with E-state index in [1.165, 1.54) is 12.1 Å². The van der Waals surface area contributed by atoms with Gasteiger partial charge in [0, 0.05) is 45.6 Å². The summed E-state index contributed by atoms with van der Waals surface area (Å²) in [5, 5.41) is 0. The molecule has 0 radical (unpaired) electrons. The van der Waals surface area contributed by atoms with Gasteiger partial charge in [0.1, 0.15) is 23.1 Å². The van der Waals surface area contributed by atoms with Crippen LogP contribution < -0.4 is 4.90 Å². The van der Waals surface area contributed by atoms with Crippen LogP contribution in [0.1, 0.15) is 43.4 Å². The van der Waals surface area contributed by atoms with Crippen LogP contribution in [0.2, 0.25) is 0 Å². The molecule has 0 N–H and O–H groups in total. The second-order valence-corrected chi connectivity index (χ2v) is 8.55. The molecule has 0 saturated carbocycles. The lowest BCUT2D eigenvalue weighted by molar-refractivity contribution is 0.0258. The molecule has 3 rings (SSSR count). The maximum absolute atomic E-state index is 13.2. The Bertz CT molecular complexity index is 876. The number of aromatic nitrogens is 2. The van der Waals surface area contributed by atoms with E-state index in [4.69, 9.17) is 14.7 Å². The summed E-state index contributed by atoms with van der Waals surface area (Å²) in [4.78, 5) is 25.8. The highest BCUT2D eigenvalue weighted by Gasteiger charge is 2.26. The van der Waals surface area contributed by atoms with Crippen molar-refractivity contribution in [2.75, 3.05) is 32.1 Å². The van der Waals surface area contributed by atoms with Crippen molar-refractivity contribution in [3.05, 3.63) is 52.7 Å². The van der Waals surface area contributed by atoms with Gasteiger partial charge in [-0.05, 0) is 44.9 Å². The fraction of sp³-hybridized carbons (Fsp3) is 0.500. The third-order valence-electron chi connectivity index (χ3n) is 4.72. The molecule has 1 aromatic heterocycles. The molecule has 0 spiro atoms. The van der Waals surface area contributed by atoms with Crippen molar-refractivity contribution in [1.82, 2.24) is 14.9 Å². The number of hydrogen-bond acceptors (Lipinski definition) is 5. The average Bonchev–Trinajstić information content (AvgIpc) is 2.84. The van der Waals surface area contributed by atoms with Crippen LogP contribution in [0, 0.1) is 5.82 Å². The molecule has 0 aliphatic carbocycles.